The molecule has 2 N–H and O–H groups in total. The highest BCUT2D eigenvalue weighted by Crippen LogP contribution is 1.99. The average Bonchev–Trinajstić information content (AvgIpc) is 1.87. The first-order valence-electron chi connectivity index (χ1n) is 3.09. The second kappa shape index (κ2) is 4.53. The molecule has 0 aromatic rings. The summed E-state index contributed by atoms with van der Waals surface area (Å²) in [6.45, 7) is 3.98. The third-order valence-electron chi connectivity index (χ3n) is 1.11. The SMILES string of the molecule is C/C(=C/C(C)CO)CO. The van der Waals surface area contributed by atoms with E-state index in [0.717, 1.165) is 5.57 Å². The zero-order valence-electron chi connectivity index (χ0n) is 5.96. The van der Waals surface area contributed by atoms with Gasteiger partial charge in [-0.3, -0.25) is 0 Å². The van der Waals surface area contributed by atoms with Crippen LogP contribution in [0.15, 0.2) is 11.6 Å². The quantitative estimate of drug-likeness (QED) is 0.548. The van der Waals surface area contributed by atoms with Crippen molar-refractivity contribution in [1.29, 1.82) is 0 Å². The van der Waals surface area contributed by atoms with Crippen molar-refractivity contribution in [3.05, 3.63) is 11.6 Å². The molecule has 0 fully saturated rings. The van der Waals surface area contributed by atoms with Gasteiger partial charge in [0, 0.05) is 6.61 Å². The number of hydrogen-bond acceptors (Lipinski definition) is 2. The van der Waals surface area contributed by atoms with Gasteiger partial charge in [-0.15, -0.1) is 0 Å². The Hall–Kier alpha value is -0.340. The molecule has 9 heavy (non-hydrogen) atoms. The molecule has 0 aliphatic carbocycles. The predicted molar refractivity (Wildman–Crippen MR) is 37.1 cm³/mol. The van der Waals surface area contributed by atoms with E-state index in [-0.39, 0.29) is 19.1 Å². The number of aliphatic hydroxyl groups excluding tert-OH is 2. The van der Waals surface area contributed by atoms with Gasteiger partial charge in [-0.2, -0.15) is 0 Å². The maximum atomic E-state index is 8.55. The molecule has 0 aromatic heterocycles. The van der Waals surface area contributed by atoms with Crippen molar-refractivity contribution in [1.82, 2.24) is 0 Å². The maximum absolute atomic E-state index is 8.55. The van der Waals surface area contributed by atoms with Gasteiger partial charge in [0.05, 0.1) is 6.61 Å². The lowest BCUT2D eigenvalue weighted by molar-refractivity contribution is 0.260. The van der Waals surface area contributed by atoms with Crippen molar-refractivity contribution < 1.29 is 10.2 Å². The summed E-state index contributed by atoms with van der Waals surface area (Å²) in [4.78, 5) is 0. The fraction of sp³-hybridized carbons (Fsp3) is 0.714. The van der Waals surface area contributed by atoms with Crippen LogP contribution in [0.3, 0.4) is 0 Å². The molecule has 0 rings (SSSR count). The zero-order valence-corrected chi connectivity index (χ0v) is 5.96. The summed E-state index contributed by atoms with van der Waals surface area (Å²) in [5, 5.41) is 17.1. The number of aliphatic hydroxyl groups is 2. The minimum absolute atomic E-state index is 0.0876. The normalized spacial score (nSPS) is 15.8. The molecule has 1 unspecified atom stereocenters. The second-order valence-electron chi connectivity index (χ2n) is 2.33. The average molecular weight is 130 g/mol. The molecule has 0 saturated heterocycles. The molecule has 0 aromatic carbocycles. The first-order chi connectivity index (χ1) is 4.20. The molecule has 0 amide bonds. The molecule has 0 spiro atoms. The Labute approximate surface area is 55.8 Å². The fourth-order valence-electron chi connectivity index (χ4n) is 0.591. The second-order valence-corrected chi connectivity index (χ2v) is 2.33. The van der Waals surface area contributed by atoms with Gasteiger partial charge in [0.25, 0.3) is 0 Å². The van der Waals surface area contributed by atoms with Crippen LogP contribution in [0.1, 0.15) is 13.8 Å². The van der Waals surface area contributed by atoms with Gasteiger partial charge >= 0.3 is 0 Å². The lowest BCUT2D eigenvalue weighted by Crippen LogP contribution is -1.98. The van der Waals surface area contributed by atoms with E-state index < -0.39 is 0 Å². The first kappa shape index (κ1) is 8.66. The van der Waals surface area contributed by atoms with Gasteiger partial charge in [0.2, 0.25) is 0 Å². The van der Waals surface area contributed by atoms with Crippen molar-refractivity contribution in [3.63, 3.8) is 0 Å². The molecule has 0 aliphatic rings. The van der Waals surface area contributed by atoms with Gasteiger partial charge < -0.3 is 10.2 Å². The van der Waals surface area contributed by atoms with Crippen LogP contribution < -0.4 is 0 Å². The standard InChI is InChI=1S/C7H14O2/c1-6(4-8)3-7(2)5-9/h3,6,8-9H,4-5H2,1-2H3/b7-3-. The summed E-state index contributed by atoms with van der Waals surface area (Å²) in [6, 6.07) is 0. The summed E-state index contributed by atoms with van der Waals surface area (Å²) in [5.41, 5.74) is 0.913. The smallest absolute Gasteiger partial charge is 0.0639 e. The van der Waals surface area contributed by atoms with Gasteiger partial charge in [0.1, 0.15) is 0 Å². The molecule has 0 radical (unpaired) electrons. The fourth-order valence-corrected chi connectivity index (χ4v) is 0.591. The summed E-state index contributed by atoms with van der Waals surface area (Å²) < 4.78 is 0. The molecule has 2 heteroatoms. The van der Waals surface area contributed by atoms with Crippen LogP contribution >= 0.6 is 0 Å². The molecule has 2 nitrogen and oxygen atoms in total. The van der Waals surface area contributed by atoms with E-state index in [1.54, 1.807) is 0 Å². The molecular formula is C7H14O2. The van der Waals surface area contributed by atoms with E-state index in [0.29, 0.717) is 0 Å². The topological polar surface area (TPSA) is 40.5 Å². The van der Waals surface area contributed by atoms with Crippen molar-refractivity contribution in [2.75, 3.05) is 13.2 Å². The van der Waals surface area contributed by atoms with Crippen LogP contribution in [0.2, 0.25) is 0 Å². The minimum atomic E-state index is 0.0876. The number of rotatable bonds is 3. The van der Waals surface area contributed by atoms with E-state index in [2.05, 4.69) is 0 Å². The van der Waals surface area contributed by atoms with E-state index in [1.165, 1.54) is 0 Å². The Morgan fingerprint density at radius 1 is 1.56 bits per heavy atom. The Balaban J connectivity index is 3.64. The summed E-state index contributed by atoms with van der Waals surface area (Å²) >= 11 is 0. The third-order valence-corrected chi connectivity index (χ3v) is 1.11. The summed E-state index contributed by atoms with van der Waals surface area (Å²) in [5.74, 6) is 0.164. The van der Waals surface area contributed by atoms with Crippen molar-refractivity contribution >= 4 is 0 Å². The highest BCUT2D eigenvalue weighted by molar-refractivity contribution is 4.99. The lowest BCUT2D eigenvalue weighted by Gasteiger charge is -2.00. The van der Waals surface area contributed by atoms with Crippen LogP contribution in [0, 0.1) is 5.92 Å². The van der Waals surface area contributed by atoms with Crippen LogP contribution in [0.4, 0.5) is 0 Å². The lowest BCUT2D eigenvalue weighted by atomic mass is 10.1. The van der Waals surface area contributed by atoms with Crippen molar-refractivity contribution in [3.8, 4) is 0 Å². The van der Waals surface area contributed by atoms with Crippen molar-refractivity contribution in [2.45, 2.75) is 13.8 Å². The molecule has 54 valence electrons. The summed E-state index contributed by atoms with van der Waals surface area (Å²) in [6.07, 6.45) is 1.86. The highest BCUT2D eigenvalue weighted by Gasteiger charge is 1.93. The maximum Gasteiger partial charge on any atom is 0.0639 e. The Kier molecular flexibility index (Phi) is 4.36. The molecule has 0 aliphatic heterocycles. The van der Waals surface area contributed by atoms with E-state index in [4.69, 9.17) is 10.2 Å². The van der Waals surface area contributed by atoms with E-state index in [1.807, 2.05) is 19.9 Å². The molecule has 0 heterocycles. The van der Waals surface area contributed by atoms with Crippen LogP contribution in [0.25, 0.3) is 0 Å². The van der Waals surface area contributed by atoms with Gasteiger partial charge in [-0.25, -0.2) is 0 Å². The molecule has 0 bridgehead atoms. The van der Waals surface area contributed by atoms with Crippen LogP contribution in [-0.2, 0) is 0 Å². The van der Waals surface area contributed by atoms with Crippen molar-refractivity contribution in [2.24, 2.45) is 5.92 Å². The molecular weight excluding hydrogens is 116 g/mol. The largest absolute Gasteiger partial charge is 0.396 e. The monoisotopic (exact) mass is 130 g/mol. The van der Waals surface area contributed by atoms with E-state index in [9.17, 15) is 0 Å². The summed E-state index contributed by atoms with van der Waals surface area (Å²) in [7, 11) is 0. The predicted octanol–water partition coefficient (Wildman–Crippen LogP) is 0.553. The van der Waals surface area contributed by atoms with Gasteiger partial charge in [-0.05, 0) is 12.8 Å². The Morgan fingerprint density at radius 3 is 2.44 bits per heavy atom. The van der Waals surface area contributed by atoms with Crippen LogP contribution in [-0.4, -0.2) is 23.4 Å². The first-order valence-corrected chi connectivity index (χ1v) is 3.09. The zero-order chi connectivity index (χ0) is 7.28. The third kappa shape index (κ3) is 4.18. The Morgan fingerprint density at radius 2 is 2.11 bits per heavy atom. The molecule has 0 saturated carbocycles. The Bertz CT molecular complexity index is 97.1. The van der Waals surface area contributed by atoms with Crippen LogP contribution in [0.5, 0.6) is 0 Å². The van der Waals surface area contributed by atoms with Gasteiger partial charge in [0.15, 0.2) is 0 Å². The highest BCUT2D eigenvalue weighted by atomic mass is 16.3. The van der Waals surface area contributed by atoms with E-state index >= 15 is 0 Å². The number of hydrogen-bond donors (Lipinski definition) is 2. The minimum Gasteiger partial charge on any atom is -0.396 e. The molecule has 1 atom stereocenters. The van der Waals surface area contributed by atoms with Gasteiger partial charge in [-0.1, -0.05) is 18.6 Å².